The van der Waals surface area contributed by atoms with Gasteiger partial charge >= 0.3 is 5.97 Å². The van der Waals surface area contributed by atoms with Crippen molar-refractivity contribution in [2.75, 3.05) is 6.61 Å². The van der Waals surface area contributed by atoms with Crippen LogP contribution in [0.25, 0.3) is 0 Å². The summed E-state index contributed by atoms with van der Waals surface area (Å²) in [6.07, 6.45) is 5.18. The van der Waals surface area contributed by atoms with Gasteiger partial charge in [-0.25, -0.2) is 0 Å². The normalized spacial score (nSPS) is 38.9. The smallest absolute Gasteiger partial charge is 0.326 e. The molecule has 0 radical (unpaired) electrons. The number of rotatable bonds is 2. The van der Waals surface area contributed by atoms with E-state index >= 15 is 0 Å². The summed E-state index contributed by atoms with van der Waals surface area (Å²) in [5.74, 6) is 0.223. The standard InChI is InChI=1S/C16H16O3S/c1-10-2-6-13(7-3-10)20(18)16-12-5-4-11(8-12)14(16)9-19-15(16)17/h2-7,11-12,14H,8-9H2,1H3/t11-,12+,14+,16+,20?/m1/s1. The Kier molecular flexibility index (Phi) is 2.49. The Morgan fingerprint density at radius 1 is 1.25 bits per heavy atom. The van der Waals surface area contributed by atoms with Crippen molar-refractivity contribution < 1.29 is 13.7 Å². The Morgan fingerprint density at radius 3 is 2.75 bits per heavy atom. The Hall–Kier alpha value is -1.42. The van der Waals surface area contributed by atoms with Gasteiger partial charge in [0.1, 0.15) is 0 Å². The molecule has 20 heavy (non-hydrogen) atoms. The van der Waals surface area contributed by atoms with Crippen LogP contribution in [-0.4, -0.2) is 21.5 Å². The van der Waals surface area contributed by atoms with Gasteiger partial charge in [-0.1, -0.05) is 29.8 Å². The minimum Gasteiger partial charge on any atom is -0.464 e. The topological polar surface area (TPSA) is 43.4 Å². The van der Waals surface area contributed by atoms with Crippen molar-refractivity contribution in [3.63, 3.8) is 0 Å². The van der Waals surface area contributed by atoms with E-state index in [1.165, 1.54) is 0 Å². The van der Waals surface area contributed by atoms with E-state index in [1.54, 1.807) is 0 Å². The quantitative estimate of drug-likeness (QED) is 0.619. The molecule has 1 aliphatic heterocycles. The summed E-state index contributed by atoms with van der Waals surface area (Å²) in [6, 6.07) is 7.64. The minimum absolute atomic E-state index is 0.0645. The lowest BCUT2D eigenvalue weighted by Crippen LogP contribution is -2.48. The number of esters is 1. The number of benzene rings is 1. The van der Waals surface area contributed by atoms with Crippen LogP contribution < -0.4 is 0 Å². The Bertz CT molecular complexity index is 634. The monoisotopic (exact) mass is 288 g/mol. The van der Waals surface area contributed by atoms with E-state index in [-0.39, 0.29) is 17.8 Å². The summed E-state index contributed by atoms with van der Waals surface area (Å²) in [6.45, 7) is 2.42. The summed E-state index contributed by atoms with van der Waals surface area (Å²) >= 11 is 0. The number of fused-ring (bicyclic) bond motifs is 5. The number of aryl methyl sites for hydroxylation is 1. The molecule has 4 rings (SSSR count). The van der Waals surface area contributed by atoms with Gasteiger partial charge in [-0.05, 0) is 31.4 Å². The number of hydrogen-bond acceptors (Lipinski definition) is 3. The van der Waals surface area contributed by atoms with Crippen molar-refractivity contribution in [2.24, 2.45) is 17.8 Å². The predicted octanol–water partition coefficient (Wildman–Crippen LogP) is 2.22. The molecule has 3 aliphatic rings. The number of carbonyl (C=O) groups is 1. The van der Waals surface area contributed by atoms with Crippen LogP contribution in [0.15, 0.2) is 41.3 Å². The third-order valence-corrected chi connectivity index (χ3v) is 7.08. The zero-order chi connectivity index (χ0) is 13.9. The fourth-order valence-electron chi connectivity index (χ4n) is 3.97. The van der Waals surface area contributed by atoms with Gasteiger partial charge in [-0.2, -0.15) is 0 Å². The van der Waals surface area contributed by atoms with Crippen molar-refractivity contribution in [2.45, 2.75) is 23.0 Å². The number of hydrogen-bond donors (Lipinski definition) is 0. The molecule has 2 fully saturated rings. The van der Waals surface area contributed by atoms with Crippen LogP contribution in [-0.2, 0) is 20.3 Å². The molecule has 1 heterocycles. The van der Waals surface area contributed by atoms with E-state index in [9.17, 15) is 9.00 Å². The summed E-state index contributed by atoms with van der Waals surface area (Å²) in [5.41, 5.74) is 1.13. The van der Waals surface area contributed by atoms with Crippen molar-refractivity contribution in [3.8, 4) is 0 Å². The lowest BCUT2D eigenvalue weighted by molar-refractivity contribution is -0.140. The first kappa shape index (κ1) is 12.3. The maximum absolute atomic E-state index is 13.1. The number of allylic oxidation sites excluding steroid dienone is 2. The van der Waals surface area contributed by atoms with Crippen LogP contribution >= 0.6 is 0 Å². The lowest BCUT2D eigenvalue weighted by Gasteiger charge is -2.31. The summed E-state index contributed by atoms with van der Waals surface area (Å²) in [7, 11) is -1.35. The van der Waals surface area contributed by atoms with E-state index in [0.29, 0.717) is 12.5 Å². The van der Waals surface area contributed by atoms with Crippen LogP contribution in [0.4, 0.5) is 0 Å². The van der Waals surface area contributed by atoms with E-state index in [1.807, 2.05) is 31.2 Å². The molecule has 4 heteroatoms. The molecule has 1 saturated carbocycles. The van der Waals surface area contributed by atoms with Crippen molar-refractivity contribution >= 4 is 16.8 Å². The first-order valence-electron chi connectivity index (χ1n) is 6.98. The molecule has 104 valence electrons. The average Bonchev–Trinajstić information content (AvgIpc) is 3.12. The maximum Gasteiger partial charge on any atom is 0.326 e. The van der Waals surface area contributed by atoms with Crippen molar-refractivity contribution in [1.82, 2.24) is 0 Å². The molecule has 1 aromatic rings. The molecular formula is C16H16O3S. The highest BCUT2D eigenvalue weighted by atomic mass is 32.2. The first-order valence-corrected chi connectivity index (χ1v) is 8.13. The van der Waals surface area contributed by atoms with Crippen molar-refractivity contribution in [1.29, 1.82) is 0 Å². The number of ether oxygens (including phenoxy) is 1. The molecule has 2 bridgehead atoms. The molecule has 1 unspecified atom stereocenters. The summed E-state index contributed by atoms with van der Waals surface area (Å²) in [4.78, 5) is 13.1. The fraction of sp³-hybridized carbons (Fsp3) is 0.438. The SMILES string of the molecule is Cc1ccc(S(=O)[C@]23C(=O)OC[C@H]2[C@@H]2C=C[C@H]3C2)cc1. The third kappa shape index (κ3) is 1.35. The minimum atomic E-state index is -1.35. The highest BCUT2D eigenvalue weighted by molar-refractivity contribution is 7.87. The molecule has 3 nitrogen and oxygen atoms in total. The molecular weight excluding hydrogens is 272 g/mol. The van der Waals surface area contributed by atoms with Gasteiger partial charge in [0, 0.05) is 16.7 Å². The second-order valence-corrected chi connectivity index (χ2v) is 7.66. The van der Waals surface area contributed by atoms with E-state index in [4.69, 9.17) is 4.74 Å². The molecule has 2 aliphatic carbocycles. The largest absolute Gasteiger partial charge is 0.464 e. The van der Waals surface area contributed by atoms with Crippen LogP contribution in [0.1, 0.15) is 12.0 Å². The lowest BCUT2D eigenvalue weighted by atomic mass is 9.84. The van der Waals surface area contributed by atoms with Gasteiger partial charge in [0.25, 0.3) is 0 Å². The van der Waals surface area contributed by atoms with E-state index < -0.39 is 15.5 Å². The molecule has 0 spiro atoms. The zero-order valence-electron chi connectivity index (χ0n) is 11.2. The third-order valence-electron chi connectivity index (χ3n) is 4.99. The van der Waals surface area contributed by atoms with Gasteiger partial charge in [0.05, 0.1) is 17.4 Å². The van der Waals surface area contributed by atoms with E-state index in [2.05, 4.69) is 12.2 Å². The number of cyclic esters (lactones) is 1. The molecule has 0 aromatic heterocycles. The van der Waals surface area contributed by atoms with Gasteiger partial charge in [-0.15, -0.1) is 0 Å². The summed E-state index contributed by atoms with van der Waals surface area (Å²) < 4.78 is 17.6. The predicted molar refractivity (Wildman–Crippen MR) is 75.5 cm³/mol. The molecule has 0 N–H and O–H groups in total. The van der Waals surface area contributed by atoms with Crippen LogP contribution in [0.3, 0.4) is 0 Å². The molecule has 1 aromatic carbocycles. The Labute approximate surface area is 120 Å². The van der Waals surface area contributed by atoms with Gasteiger partial charge in [-0.3, -0.25) is 9.00 Å². The van der Waals surface area contributed by atoms with Crippen LogP contribution in [0, 0.1) is 24.7 Å². The maximum atomic E-state index is 13.1. The van der Waals surface area contributed by atoms with Gasteiger partial charge in [0.2, 0.25) is 0 Å². The molecule has 1 saturated heterocycles. The van der Waals surface area contributed by atoms with Crippen LogP contribution in [0.2, 0.25) is 0 Å². The zero-order valence-corrected chi connectivity index (χ0v) is 12.1. The van der Waals surface area contributed by atoms with Gasteiger partial charge in [0.15, 0.2) is 4.75 Å². The first-order chi connectivity index (χ1) is 9.64. The molecule has 5 atom stereocenters. The average molecular weight is 288 g/mol. The second-order valence-electron chi connectivity index (χ2n) is 5.97. The second kappa shape index (κ2) is 4.04. The highest BCUT2D eigenvalue weighted by Crippen LogP contribution is 2.57. The number of carbonyl (C=O) groups excluding carboxylic acids is 1. The Morgan fingerprint density at radius 2 is 2.00 bits per heavy atom. The van der Waals surface area contributed by atoms with Gasteiger partial charge < -0.3 is 4.74 Å². The van der Waals surface area contributed by atoms with E-state index in [0.717, 1.165) is 16.9 Å². The highest BCUT2D eigenvalue weighted by Gasteiger charge is 2.68. The fourth-order valence-corrected chi connectivity index (χ4v) is 5.92. The van der Waals surface area contributed by atoms with Crippen LogP contribution in [0.5, 0.6) is 0 Å². The Balaban J connectivity index is 1.82. The van der Waals surface area contributed by atoms with Crippen molar-refractivity contribution in [3.05, 3.63) is 42.0 Å². The summed E-state index contributed by atoms with van der Waals surface area (Å²) in [5, 5.41) is 0. The molecule has 0 amide bonds.